The number of aromatic nitrogens is 2. The molecule has 0 unspecified atom stereocenters. The summed E-state index contributed by atoms with van der Waals surface area (Å²) in [7, 11) is 1.90. The van der Waals surface area contributed by atoms with Gasteiger partial charge in [0.25, 0.3) is 0 Å². The fraction of sp³-hybridized carbons (Fsp3) is 0.300. The Kier molecular flexibility index (Phi) is 3.86. The van der Waals surface area contributed by atoms with E-state index in [2.05, 4.69) is 10.3 Å². The molecule has 0 aliphatic rings. The van der Waals surface area contributed by atoms with Crippen molar-refractivity contribution in [2.45, 2.75) is 13.1 Å². The summed E-state index contributed by atoms with van der Waals surface area (Å²) in [5.74, 6) is 0. The van der Waals surface area contributed by atoms with E-state index in [0.717, 1.165) is 18.8 Å². The molecule has 2 heterocycles. The molecule has 2 rings (SSSR count). The van der Waals surface area contributed by atoms with E-state index >= 15 is 0 Å². The summed E-state index contributed by atoms with van der Waals surface area (Å²) in [5.41, 5.74) is 2.90. The molecular weight excluding hydrogens is 265 g/mol. The van der Waals surface area contributed by atoms with Crippen molar-refractivity contribution in [3.8, 4) is 0 Å². The first-order chi connectivity index (χ1) is 7.68. The molecular formula is C10H11Cl2N3S. The highest BCUT2D eigenvalue weighted by Gasteiger charge is 2.08. The van der Waals surface area contributed by atoms with Crippen LogP contribution < -0.4 is 5.32 Å². The second-order valence-corrected chi connectivity index (χ2v) is 5.14. The molecule has 0 saturated heterocycles. The van der Waals surface area contributed by atoms with Crippen molar-refractivity contribution >= 4 is 34.5 Å². The van der Waals surface area contributed by atoms with Crippen molar-refractivity contribution < 1.29 is 0 Å². The molecule has 2 aromatic heterocycles. The number of hydrogen-bond donors (Lipinski definition) is 1. The van der Waals surface area contributed by atoms with E-state index in [4.69, 9.17) is 23.2 Å². The van der Waals surface area contributed by atoms with Crippen LogP contribution in [0, 0.1) is 0 Å². The van der Waals surface area contributed by atoms with Crippen LogP contribution in [-0.4, -0.2) is 9.55 Å². The second kappa shape index (κ2) is 5.19. The first-order valence-electron chi connectivity index (χ1n) is 4.76. The van der Waals surface area contributed by atoms with Crippen molar-refractivity contribution in [2.24, 2.45) is 7.05 Å². The molecule has 6 heteroatoms. The van der Waals surface area contributed by atoms with E-state index in [1.165, 1.54) is 4.88 Å². The Balaban J connectivity index is 1.92. The lowest BCUT2D eigenvalue weighted by molar-refractivity contribution is 0.660. The lowest BCUT2D eigenvalue weighted by Crippen LogP contribution is -2.14. The highest BCUT2D eigenvalue weighted by atomic mass is 35.5. The van der Waals surface area contributed by atoms with Gasteiger partial charge in [0, 0.05) is 36.9 Å². The molecule has 0 aliphatic carbocycles. The fourth-order valence-corrected chi connectivity index (χ4v) is 2.38. The molecule has 0 aliphatic heterocycles. The number of nitrogens with one attached hydrogen (secondary N) is 1. The molecule has 0 bridgehead atoms. The number of hydrogen-bond acceptors (Lipinski definition) is 3. The molecule has 0 amide bonds. The Morgan fingerprint density at radius 3 is 2.81 bits per heavy atom. The van der Waals surface area contributed by atoms with Gasteiger partial charge in [-0.15, -0.1) is 11.3 Å². The van der Waals surface area contributed by atoms with E-state index in [9.17, 15) is 0 Å². The molecule has 0 radical (unpaired) electrons. The maximum atomic E-state index is 5.97. The average molecular weight is 276 g/mol. The van der Waals surface area contributed by atoms with Crippen molar-refractivity contribution in [3.63, 3.8) is 0 Å². The van der Waals surface area contributed by atoms with E-state index < -0.39 is 0 Å². The van der Waals surface area contributed by atoms with Crippen LogP contribution in [0.3, 0.4) is 0 Å². The van der Waals surface area contributed by atoms with Gasteiger partial charge in [0.05, 0.1) is 10.5 Å². The van der Waals surface area contributed by atoms with Crippen molar-refractivity contribution in [2.75, 3.05) is 0 Å². The van der Waals surface area contributed by atoms with Gasteiger partial charge in [-0.25, -0.2) is 0 Å². The summed E-state index contributed by atoms with van der Waals surface area (Å²) >= 11 is 13.5. The van der Waals surface area contributed by atoms with Crippen molar-refractivity contribution in [1.29, 1.82) is 0 Å². The van der Waals surface area contributed by atoms with Gasteiger partial charge in [-0.3, -0.25) is 4.98 Å². The molecule has 0 saturated carbocycles. The van der Waals surface area contributed by atoms with Crippen LogP contribution in [0.4, 0.5) is 0 Å². The topological polar surface area (TPSA) is 29.9 Å². The summed E-state index contributed by atoms with van der Waals surface area (Å²) in [4.78, 5) is 5.23. The zero-order valence-corrected chi connectivity index (χ0v) is 11.0. The Labute approximate surface area is 108 Å². The SMILES string of the molecule is Cn1c(CNCc2cncs2)cc(Cl)c1Cl. The Hall–Kier alpha value is -0.550. The summed E-state index contributed by atoms with van der Waals surface area (Å²) in [6.07, 6.45) is 1.86. The van der Waals surface area contributed by atoms with Gasteiger partial charge in [0.2, 0.25) is 0 Å². The number of thiazole rings is 1. The normalized spacial score (nSPS) is 10.9. The highest BCUT2D eigenvalue weighted by molar-refractivity contribution is 7.09. The minimum Gasteiger partial charge on any atom is -0.336 e. The average Bonchev–Trinajstić information content (AvgIpc) is 2.85. The van der Waals surface area contributed by atoms with Gasteiger partial charge < -0.3 is 9.88 Å². The predicted octanol–water partition coefficient (Wildman–Crippen LogP) is 3.08. The maximum absolute atomic E-state index is 5.97. The Morgan fingerprint density at radius 1 is 1.44 bits per heavy atom. The Bertz CT molecular complexity index is 465. The quantitative estimate of drug-likeness (QED) is 0.930. The zero-order chi connectivity index (χ0) is 11.5. The van der Waals surface area contributed by atoms with Crippen LogP contribution in [0.2, 0.25) is 10.2 Å². The van der Waals surface area contributed by atoms with Crippen LogP contribution in [0.1, 0.15) is 10.6 Å². The zero-order valence-electron chi connectivity index (χ0n) is 8.70. The fourth-order valence-electron chi connectivity index (χ4n) is 1.40. The van der Waals surface area contributed by atoms with Gasteiger partial charge in [-0.2, -0.15) is 0 Å². The molecule has 16 heavy (non-hydrogen) atoms. The lowest BCUT2D eigenvalue weighted by Gasteiger charge is -2.05. The van der Waals surface area contributed by atoms with Crippen LogP contribution in [0.15, 0.2) is 17.8 Å². The summed E-state index contributed by atoms with van der Waals surface area (Å²) < 4.78 is 1.88. The number of nitrogens with zero attached hydrogens (tertiary/aromatic N) is 2. The number of halogens is 2. The smallest absolute Gasteiger partial charge is 0.127 e. The summed E-state index contributed by atoms with van der Waals surface area (Å²) in [5, 5.41) is 4.49. The van der Waals surface area contributed by atoms with E-state index in [0.29, 0.717) is 10.2 Å². The standard InChI is InChI=1S/C10H11Cl2N3S/c1-15-7(2-9(11)10(15)12)3-13-4-8-5-14-6-16-8/h2,5-6,13H,3-4H2,1H3. The Morgan fingerprint density at radius 2 is 2.25 bits per heavy atom. The molecule has 2 aromatic rings. The van der Waals surface area contributed by atoms with E-state index in [-0.39, 0.29) is 0 Å². The third-order valence-electron chi connectivity index (χ3n) is 2.30. The molecule has 0 fully saturated rings. The van der Waals surface area contributed by atoms with Crippen LogP contribution in [-0.2, 0) is 20.1 Å². The van der Waals surface area contributed by atoms with Gasteiger partial charge in [0.15, 0.2) is 0 Å². The van der Waals surface area contributed by atoms with Gasteiger partial charge in [0.1, 0.15) is 5.15 Å². The summed E-state index contributed by atoms with van der Waals surface area (Å²) in [6.45, 7) is 1.55. The minimum absolute atomic E-state index is 0.580. The molecule has 3 nitrogen and oxygen atoms in total. The minimum atomic E-state index is 0.580. The van der Waals surface area contributed by atoms with Crippen molar-refractivity contribution in [1.82, 2.24) is 14.9 Å². The largest absolute Gasteiger partial charge is 0.336 e. The third-order valence-corrected chi connectivity index (χ3v) is 3.93. The third kappa shape index (κ3) is 2.58. The molecule has 1 N–H and O–H groups in total. The predicted molar refractivity (Wildman–Crippen MR) is 68.1 cm³/mol. The molecule has 0 atom stereocenters. The van der Waals surface area contributed by atoms with Crippen LogP contribution in [0.25, 0.3) is 0 Å². The van der Waals surface area contributed by atoms with Crippen molar-refractivity contribution in [3.05, 3.63) is 38.5 Å². The van der Waals surface area contributed by atoms with Gasteiger partial charge in [-0.05, 0) is 6.07 Å². The molecule has 86 valence electrons. The summed E-state index contributed by atoms with van der Waals surface area (Å²) in [6, 6.07) is 1.88. The molecule has 0 spiro atoms. The van der Waals surface area contributed by atoms with Gasteiger partial charge in [-0.1, -0.05) is 23.2 Å². The van der Waals surface area contributed by atoms with Crippen LogP contribution in [0.5, 0.6) is 0 Å². The molecule has 0 aromatic carbocycles. The first-order valence-corrected chi connectivity index (χ1v) is 6.39. The lowest BCUT2D eigenvalue weighted by atomic mass is 10.4. The van der Waals surface area contributed by atoms with Crippen LogP contribution >= 0.6 is 34.5 Å². The number of rotatable bonds is 4. The van der Waals surface area contributed by atoms with Gasteiger partial charge >= 0.3 is 0 Å². The highest BCUT2D eigenvalue weighted by Crippen LogP contribution is 2.24. The van der Waals surface area contributed by atoms with E-state index in [1.54, 1.807) is 11.3 Å². The second-order valence-electron chi connectivity index (χ2n) is 3.40. The maximum Gasteiger partial charge on any atom is 0.127 e. The van der Waals surface area contributed by atoms with E-state index in [1.807, 2.05) is 29.4 Å². The monoisotopic (exact) mass is 275 g/mol. The first kappa shape index (κ1) is 11.9.